The van der Waals surface area contributed by atoms with Gasteiger partial charge in [-0.1, -0.05) is 18.2 Å². The normalized spacial score (nSPS) is 25.9. The summed E-state index contributed by atoms with van der Waals surface area (Å²) in [5.74, 6) is 0. The second-order valence-corrected chi connectivity index (χ2v) is 5.99. The summed E-state index contributed by atoms with van der Waals surface area (Å²) in [6.45, 7) is 3.23. The van der Waals surface area contributed by atoms with Crippen LogP contribution in [0.25, 0.3) is 10.9 Å². The monoisotopic (exact) mass is 271 g/mol. The third-order valence-corrected chi connectivity index (χ3v) is 4.72. The first-order chi connectivity index (χ1) is 9.24. The van der Waals surface area contributed by atoms with Crippen LogP contribution in [0.4, 0.5) is 0 Å². The van der Waals surface area contributed by atoms with Crippen LogP contribution in [-0.4, -0.2) is 27.6 Å². The maximum absolute atomic E-state index is 5.49. The van der Waals surface area contributed by atoms with Gasteiger partial charge < -0.3 is 15.2 Å². The molecule has 3 heterocycles. The van der Waals surface area contributed by atoms with Crippen LogP contribution in [0.15, 0.2) is 24.3 Å². The fourth-order valence-electron chi connectivity index (χ4n) is 3.49. The Hall–Kier alpha value is -1.55. The smallest absolute Gasteiger partial charge is 0.169 e. The highest BCUT2D eigenvalue weighted by Crippen LogP contribution is 2.38. The largest absolute Gasteiger partial charge is 0.360 e. The fourth-order valence-corrected chi connectivity index (χ4v) is 3.91. The number of nitrogens with one attached hydrogen (secondary N) is 2. The van der Waals surface area contributed by atoms with E-state index in [4.69, 9.17) is 12.2 Å². The van der Waals surface area contributed by atoms with Gasteiger partial charge in [-0.2, -0.15) is 0 Å². The molecule has 0 spiro atoms. The molecule has 1 aromatic carbocycles. The standard InChI is InChI=1S/C15H17N3S/c1-9-8-13-14-11(6-7-18(13)15(19)16-9)10-4-2-3-5-12(10)17-14/h2-5,9,13,17H,6-8H2,1H3,(H,16,19)/t9-,13+/m0/s1. The number of fused-ring (bicyclic) bond motifs is 5. The summed E-state index contributed by atoms with van der Waals surface area (Å²) in [6, 6.07) is 9.48. The van der Waals surface area contributed by atoms with Gasteiger partial charge in [0.05, 0.1) is 6.04 Å². The van der Waals surface area contributed by atoms with Gasteiger partial charge in [-0.25, -0.2) is 0 Å². The summed E-state index contributed by atoms with van der Waals surface area (Å²) in [4.78, 5) is 5.97. The van der Waals surface area contributed by atoms with Crippen molar-refractivity contribution in [2.24, 2.45) is 0 Å². The topological polar surface area (TPSA) is 31.1 Å². The molecule has 0 saturated carbocycles. The molecule has 0 amide bonds. The van der Waals surface area contributed by atoms with Crippen molar-refractivity contribution in [3.8, 4) is 0 Å². The van der Waals surface area contributed by atoms with Gasteiger partial charge in [0.2, 0.25) is 0 Å². The minimum atomic E-state index is 0.417. The van der Waals surface area contributed by atoms with Crippen LogP contribution in [0.1, 0.15) is 30.6 Å². The van der Waals surface area contributed by atoms with Crippen molar-refractivity contribution in [1.82, 2.24) is 15.2 Å². The molecule has 1 aromatic heterocycles. The van der Waals surface area contributed by atoms with Crippen molar-refractivity contribution >= 4 is 28.2 Å². The Balaban J connectivity index is 1.87. The highest BCUT2D eigenvalue weighted by molar-refractivity contribution is 7.80. The van der Waals surface area contributed by atoms with Crippen molar-refractivity contribution in [1.29, 1.82) is 0 Å². The molecule has 98 valence electrons. The van der Waals surface area contributed by atoms with E-state index in [0.717, 1.165) is 24.5 Å². The third-order valence-electron chi connectivity index (χ3n) is 4.37. The molecule has 3 nitrogen and oxygen atoms in total. The van der Waals surface area contributed by atoms with Crippen LogP contribution in [0.2, 0.25) is 0 Å². The highest BCUT2D eigenvalue weighted by Gasteiger charge is 2.36. The van der Waals surface area contributed by atoms with E-state index in [2.05, 4.69) is 46.4 Å². The van der Waals surface area contributed by atoms with E-state index < -0.39 is 0 Å². The molecule has 2 aromatic rings. The Labute approximate surface area is 118 Å². The molecule has 0 aliphatic carbocycles. The van der Waals surface area contributed by atoms with Gasteiger partial charge in [0.25, 0.3) is 0 Å². The molecular weight excluding hydrogens is 254 g/mol. The average Bonchev–Trinajstić information content (AvgIpc) is 2.77. The summed E-state index contributed by atoms with van der Waals surface area (Å²) < 4.78 is 0. The van der Waals surface area contributed by atoms with Crippen molar-refractivity contribution in [2.45, 2.75) is 31.8 Å². The van der Waals surface area contributed by atoms with Crippen molar-refractivity contribution in [2.75, 3.05) is 6.54 Å². The minimum Gasteiger partial charge on any atom is -0.360 e. The lowest BCUT2D eigenvalue weighted by molar-refractivity contribution is 0.230. The molecule has 2 aliphatic rings. The first kappa shape index (κ1) is 11.3. The van der Waals surface area contributed by atoms with Gasteiger partial charge in [-0.05, 0) is 43.6 Å². The van der Waals surface area contributed by atoms with E-state index in [1.807, 2.05) is 0 Å². The van der Waals surface area contributed by atoms with Gasteiger partial charge in [0, 0.05) is 29.2 Å². The number of hydrogen-bond donors (Lipinski definition) is 2. The second-order valence-electron chi connectivity index (χ2n) is 5.61. The predicted octanol–water partition coefficient (Wildman–Crippen LogP) is 2.73. The van der Waals surface area contributed by atoms with E-state index in [1.165, 1.54) is 22.2 Å². The summed E-state index contributed by atoms with van der Waals surface area (Å²) in [6.07, 6.45) is 2.19. The van der Waals surface area contributed by atoms with Gasteiger partial charge in [-0.3, -0.25) is 0 Å². The van der Waals surface area contributed by atoms with E-state index in [0.29, 0.717) is 12.1 Å². The molecule has 2 atom stereocenters. The predicted molar refractivity (Wildman–Crippen MR) is 81.3 cm³/mol. The SMILES string of the molecule is C[C@H]1C[C@@H]2c3[nH]c4ccccc4c3CCN2C(=S)N1. The minimum absolute atomic E-state index is 0.417. The number of rotatable bonds is 0. The van der Waals surface area contributed by atoms with Crippen LogP contribution >= 0.6 is 12.2 Å². The first-order valence-electron chi connectivity index (χ1n) is 6.90. The number of aromatic nitrogens is 1. The van der Waals surface area contributed by atoms with Gasteiger partial charge in [0.15, 0.2) is 5.11 Å². The zero-order chi connectivity index (χ0) is 13.0. The zero-order valence-corrected chi connectivity index (χ0v) is 11.8. The molecule has 0 bridgehead atoms. The number of nitrogens with zero attached hydrogens (tertiary/aromatic N) is 1. The van der Waals surface area contributed by atoms with Gasteiger partial charge in [-0.15, -0.1) is 0 Å². The number of aromatic amines is 1. The Kier molecular flexibility index (Phi) is 2.36. The quantitative estimate of drug-likeness (QED) is 0.722. The third kappa shape index (κ3) is 1.59. The summed E-state index contributed by atoms with van der Waals surface area (Å²) in [7, 11) is 0. The molecule has 4 rings (SSSR count). The summed E-state index contributed by atoms with van der Waals surface area (Å²) >= 11 is 5.49. The summed E-state index contributed by atoms with van der Waals surface area (Å²) in [5, 5.41) is 5.68. The molecule has 1 saturated heterocycles. The van der Waals surface area contributed by atoms with Crippen LogP contribution < -0.4 is 5.32 Å². The van der Waals surface area contributed by atoms with Crippen molar-refractivity contribution in [3.05, 3.63) is 35.5 Å². The number of para-hydroxylation sites is 1. The Morgan fingerprint density at radius 2 is 2.16 bits per heavy atom. The number of thiocarbonyl (C=S) groups is 1. The molecule has 2 aliphatic heterocycles. The van der Waals surface area contributed by atoms with Crippen molar-refractivity contribution < 1.29 is 0 Å². The first-order valence-corrected chi connectivity index (χ1v) is 7.31. The van der Waals surface area contributed by atoms with E-state index in [1.54, 1.807) is 0 Å². The molecule has 4 heteroatoms. The maximum Gasteiger partial charge on any atom is 0.169 e. The lowest BCUT2D eigenvalue weighted by atomic mass is 9.92. The molecular formula is C15H17N3S. The van der Waals surface area contributed by atoms with E-state index in [9.17, 15) is 0 Å². The van der Waals surface area contributed by atoms with Crippen LogP contribution in [0.3, 0.4) is 0 Å². The fraction of sp³-hybridized carbons (Fsp3) is 0.400. The second kappa shape index (κ2) is 3.97. The molecule has 0 radical (unpaired) electrons. The Morgan fingerprint density at radius 3 is 3.05 bits per heavy atom. The molecule has 0 unspecified atom stereocenters. The molecule has 2 N–H and O–H groups in total. The Bertz CT molecular complexity index is 660. The Morgan fingerprint density at radius 1 is 1.32 bits per heavy atom. The molecule has 19 heavy (non-hydrogen) atoms. The maximum atomic E-state index is 5.49. The number of H-pyrrole nitrogens is 1. The average molecular weight is 271 g/mol. The van der Waals surface area contributed by atoms with Crippen LogP contribution in [0.5, 0.6) is 0 Å². The van der Waals surface area contributed by atoms with Gasteiger partial charge in [0.1, 0.15) is 0 Å². The number of hydrogen-bond acceptors (Lipinski definition) is 1. The van der Waals surface area contributed by atoms with E-state index >= 15 is 0 Å². The lowest BCUT2D eigenvalue weighted by Crippen LogP contribution is -2.54. The molecule has 1 fully saturated rings. The summed E-state index contributed by atoms with van der Waals surface area (Å²) in [5.41, 5.74) is 4.13. The van der Waals surface area contributed by atoms with Crippen molar-refractivity contribution in [3.63, 3.8) is 0 Å². The van der Waals surface area contributed by atoms with E-state index in [-0.39, 0.29) is 0 Å². The zero-order valence-electron chi connectivity index (χ0n) is 10.9. The highest BCUT2D eigenvalue weighted by atomic mass is 32.1. The lowest BCUT2D eigenvalue weighted by Gasteiger charge is -2.43. The van der Waals surface area contributed by atoms with Crippen LogP contribution in [0, 0.1) is 0 Å². The van der Waals surface area contributed by atoms with Crippen LogP contribution in [-0.2, 0) is 6.42 Å². The number of benzene rings is 1. The van der Waals surface area contributed by atoms with Gasteiger partial charge >= 0.3 is 0 Å².